The number of unbranched alkanes of at least 4 members (excludes halogenated alkanes) is 5. The van der Waals surface area contributed by atoms with Gasteiger partial charge in [0.1, 0.15) is 19.2 Å². The van der Waals surface area contributed by atoms with E-state index in [0.29, 0.717) is 11.0 Å². The van der Waals surface area contributed by atoms with Crippen LogP contribution in [0.3, 0.4) is 0 Å². The number of carbonyl (C=O) groups excluding carboxylic acids is 1. The first-order valence-electron chi connectivity index (χ1n) is 9.83. The molecular formula is C20H39NO3. The van der Waals surface area contributed by atoms with Crippen molar-refractivity contribution in [3.05, 3.63) is 12.2 Å². The highest BCUT2D eigenvalue weighted by atomic mass is 16.4. The lowest BCUT2D eigenvalue weighted by Gasteiger charge is -2.40. The molecular weight excluding hydrogens is 302 g/mol. The summed E-state index contributed by atoms with van der Waals surface area (Å²) in [6, 6.07) is 0. The predicted octanol–water partition coefficient (Wildman–Crippen LogP) is 3.04. The van der Waals surface area contributed by atoms with Gasteiger partial charge in [0, 0.05) is 0 Å². The number of aliphatic hydroxyl groups excluding tert-OH is 1. The fourth-order valence-electron chi connectivity index (χ4n) is 3.36. The van der Waals surface area contributed by atoms with Crippen LogP contribution in [0.1, 0.15) is 78.6 Å². The van der Waals surface area contributed by atoms with E-state index in [9.17, 15) is 15.0 Å². The number of rotatable bonds is 16. The molecule has 1 atom stereocenters. The SMILES string of the molecule is C/C=C/CCCC(O)C[N+](CCCCC)(CCCCC)CC(=O)[O-]. The molecule has 0 aliphatic carbocycles. The molecule has 142 valence electrons. The zero-order valence-electron chi connectivity index (χ0n) is 16.1. The average Bonchev–Trinajstić information content (AvgIpc) is 2.51. The first kappa shape index (κ1) is 23.1. The highest BCUT2D eigenvalue weighted by molar-refractivity contribution is 5.65. The van der Waals surface area contributed by atoms with E-state index < -0.39 is 12.1 Å². The summed E-state index contributed by atoms with van der Waals surface area (Å²) in [5.41, 5.74) is 0. The minimum atomic E-state index is -0.996. The largest absolute Gasteiger partial charge is 0.544 e. The van der Waals surface area contributed by atoms with Gasteiger partial charge in [-0.25, -0.2) is 0 Å². The molecule has 0 aromatic rings. The lowest BCUT2D eigenvalue weighted by Crippen LogP contribution is -2.58. The Morgan fingerprint density at radius 2 is 1.67 bits per heavy atom. The summed E-state index contributed by atoms with van der Waals surface area (Å²) in [5.74, 6) is -0.996. The number of carbonyl (C=O) groups is 1. The molecule has 1 unspecified atom stereocenters. The van der Waals surface area contributed by atoms with Crippen LogP contribution in [0, 0.1) is 0 Å². The Bertz CT molecular complexity index is 332. The lowest BCUT2D eigenvalue weighted by atomic mass is 10.1. The monoisotopic (exact) mass is 341 g/mol. The van der Waals surface area contributed by atoms with E-state index in [1.54, 1.807) is 0 Å². The summed E-state index contributed by atoms with van der Waals surface area (Å²) in [7, 11) is 0. The van der Waals surface area contributed by atoms with E-state index in [4.69, 9.17) is 0 Å². The molecule has 4 nitrogen and oxygen atoms in total. The Balaban J connectivity index is 4.81. The molecule has 0 rings (SSSR count). The third-order valence-corrected chi connectivity index (χ3v) is 4.68. The molecule has 0 aromatic heterocycles. The summed E-state index contributed by atoms with van der Waals surface area (Å²) in [6.07, 6.45) is 12.8. The van der Waals surface area contributed by atoms with Crippen LogP contribution in [0.4, 0.5) is 0 Å². The van der Waals surface area contributed by atoms with Crippen molar-refractivity contribution in [1.82, 2.24) is 0 Å². The maximum Gasteiger partial charge on any atom is 0.119 e. The van der Waals surface area contributed by atoms with E-state index in [-0.39, 0.29) is 6.54 Å². The second-order valence-corrected chi connectivity index (χ2v) is 7.07. The van der Waals surface area contributed by atoms with Crippen LogP contribution in [0.2, 0.25) is 0 Å². The van der Waals surface area contributed by atoms with E-state index in [0.717, 1.165) is 70.9 Å². The molecule has 0 heterocycles. The zero-order valence-corrected chi connectivity index (χ0v) is 16.1. The van der Waals surface area contributed by atoms with Crippen molar-refractivity contribution in [2.45, 2.75) is 84.7 Å². The Kier molecular flexibility index (Phi) is 13.9. The second kappa shape index (κ2) is 14.5. The summed E-state index contributed by atoms with van der Waals surface area (Å²) in [4.78, 5) is 11.3. The maximum atomic E-state index is 11.3. The van der Waals surface area contributed by atoms with E-state index in [1.165, 1.54) is 0 Å². The molecule has 0 saturated carbocycles. The minimum absolute atomic E-state index is 0.0271. The lowest BCUT2D eigenvalue weighted by molar-refractivity contribution is -0.926. The number of quaternary nitrogens is 1. The molecule has 4 heteroatoms. The number of carboxylic acid groups (broad SMARTS) is 1. The smallest absolute Gasteiger partial charge is 0.119 e. The van der Waals surface area contributed by atoms with Crippen molar-refractivity contribution < 1.29 is 19.5 Å². The molecule has 1 N–H and O–H groups in total. The molecule has 24 heavy (non-hydrogen) atoms. The molecule has 0 amide bonds. The molecule has 0 radical (unpaired) electrons. The number of hydrogen-bond donors (Lipinski definition) is 1. The van der Waals surface area contributed by atoms with E-state index in [2.05, 4.69) is 19.9 Å². The molecule has 0 aliphatic rings. The van der Waals surface area contributed by atoms with Gasteiger partial charge in [-0.05, 0) is 51.9 Å². The number of aliphatic carboxylic acids is 1. The van der Waals surface area contributed by atoms with Gasteiger partial charge in [-0.15, -0.1) is 0 Å². The maximum absolute atomic E-state index is 11.3. The number of hydrogen-bond acceptors (Lipinski definition) is 3. The Morgan fingerprint density at radius 1 is 1.08 bits per heavy atom. The standard InChI is InChI=1S/C20H39NO3/c1-4-7-10-11-14-19(22)17-21(18-20(23)24,15-12-8-5-2)16-13-9-6-3/h4,7,19,22H,5-6,8-18H2,1-3H3/b7-4+. The Labute approximate surface area is 149 Å². The molecule has 0 fully saturated rings. The van der Waals surface area contributed by atoms with Crippen LogP contribution in [-0.4, -0.2) is 47.8 Å². The van der Waals surface area contributed by atoms with Gasteiger partial charge in [0.25, 0.3) is 0 Å². The normalized spacial score (nSPS) is 13.5. The van der Waals surface area contributed by atoms with Crippen LogP contribution in [0.15, 0.2) is 12.2 Å². The highest BCUT2D eigenvalue weighted by Gasteiger charge is 2.29. The molecule has 0 spiro atoms. The second-order valence-electron chi connectivity index (χ2n) is 7.07. The fraction of sp³-hybridized carbons (Fsp3) is 0.850. The average molecular weight is 342 g/mol. The van der Waals surface area contributed by atoms with Gasteiger partial charge in [-0.2, -0.15) is 0 Å². The van der Waals surface area contributed by atoms with E-state index >= 15 is 0 Å². The van der Waals surface area contributed by atoms with Gasteiger partial charge in [0.05, 0.1) is 19.1 Å². The van der Waals surface area contributed by atoms with Gasteiger partial charge in [-0.3, -0.25) is 0 Å². The predicted molar refractivity (Wildman–Crippen MR) is 98.5 cm³/mol. The van der Waals surface area contributed by atoms with Gasteiger partial charge in [0.15, 0.2) is 0 Å². The van der Waals surface area contributed by atoms with Gasteiger partial charge in [-0.1, -0.05) is 38.8 Å². The first-order chi connectivity index (χ1) is 11.5. The number of carboxylic acids is 1. The van der Waals surface area contributed by atoms with Crippen LogP contribution < -0.4 is 5.11 Å². The van der Waals surface area contributed by atoms with E-state index in [1.807, 2.05) is 13.0 Å². The summed E-state index contributed by atoms with van der Waals surface area (Å²) >= 11 is 0. The van der Waals surface area contributed by atoms with Crippen LogP contribution in [0.25, 0.3) is 0 Å². The van der Waals surface area contributed by atoms with Crippen molar-refractivity contribution in [2.75, 3.05) is 26.2 Å². The number of nitrogens with zero attached hydrogens (tertiary/aromatic N) is 1. The molecule has 0 aromatic carbocycles. The van der Waals surface area contributed by atoms with Gasteiger partial charge >= 0.3 is 0 Å². The summed E-state index contributed by atoms with van der Waals surface area (Å²) in [5, 5.41) is 21.8. The third kappa shape index (κ3) is 11.6. The quantitative estimate of drug-likeness (QED) is 0.267. The number of aliphatic hydroxyl groups is 1. The number of allylic oxidation sites excluding steroid dienone is 2. The molecule has 0 bridgehead atoms. The van der Waals surface area contributed by atoms with Crippen molar-refractivity contribution in [3.8, 4) is 0 Å². The Hall–Kier alpha value is -0.870. The van der Waals surface area contributed by atoms with Crippen molar-refractivity contribution >= 4 is 5.97 Å². The van der Waals surface area contributed by atoms with Crippen molar-refractivity contribution in [2.24, 2.45) is 0 Å². The zero-order chi connectivity index (χ0) is 18.3. The van der Waals surface area contributed by atoms with Crippen LogP contribution in [-0.2, 0) is 4.79 Å². The highest BCUT2D eigenvalue weighted by Crippen LogP contribution is 2.17. The van der Waals surface area contributed by atoms with Crippen molar-refractivity contribution in [1.29, 1.82) is 0 Å². The van der Waals surface area contributed by atoms with Gasteiger partial charge in [0.2, 0.25) is 0 Å². The minimum Gasteiger partial charge on any atom is -0.544 e. The van der Waals surface area contributed by atoms with Crippen LogP contribution >= 0.6 is 0 Å². The summed E-state index contributed by atoms with van der Waals surface area (Å²) < 4.78 is 0.479. The Morgan fingerprint density at radius 3 is 2.12 bits per heavy atom. The van der Waals surface area contributed by atoms with Crippen LogP contribution in [0.5, 0.6) is 0 Å². The third-order valence-electron chi connectivity index (χ3n) is 4.68. The molecule has 0 saturated heterocycles. The summed E-state index contributed by atoms with van der Waals surface area (Å²) in [6.45, 7) is 8.53. The fourth-order valence-corrected chi connectivity index (χ4v) is 3.36. The van der Waals surface area contributed by atoms with Crippen molar-refractivity contribution in [3.63, 3.8) is 0 Å². The topological polar surface area (TPSA) is 60.4 Å². The molecule has 0 aliphatic heterocycles. The first-order valence-corrected chi connectivity index (χ1v) is 9.83. The van der Waals surface area contributed by atoms with Gasteiger partial charge < -0.3 is 19.5 Å².